The van der Waals surface area contributed by atoms with E-state index in [-0.39, 0.29) is 23.4 Å². The number of nitrogens with one attached hydrogen (secondary N) is 1. The third-order valence-corrected chi connectivity index (χ3v) is 2.26. The summed E-state index contributed by atoms with van der Waals surface area (Å²) in [5.41, 5.74) is -0.721. The van der Waals surface area contributed by atoms with E-state index in [9.17, 15) is 14.4 Å². The average molecular weight is 218 g/mol. The molecule has 1 N–H and O–H groups in total. The molecule has 82 valence electrons. The average Bonchev–Trinajstić information content (AvgIpc) is 2.25. The van der Waals surface area contributed by atoms with E-state index in [4.69, 9.17) is 0 Å². The number of benzene rings is 1. The van der Waals surface area contributed by atoms with Gasteiger partial charge in [-0.1, -0.05) is 12.1 Å². The van der Waals surface area contributed by atoms with Crippen LogP contribution in [0.1, 0.15) is 6.92 Å². The number of Topliss-reactive ketones (excluding diaryl/α,β-unsaturated/α-hetero) is 1. The van der Waals surface area contributed by atoms with Crippen LogP contribution in [-0.2, 0) is 11.3 Å². The summed E-state index contributed by atoms with van der Waals surface area (Å²) in [4.78, 5) is 34.4. The summed E-state index contributed by atoms with van der Waals surface area (Å²) < 4.78 is 1.03. The van der Waals surface area contributed by atoms with Crippen molar-refractivity contribution in [2.75, 3.05) is 0 Å². The Balaban J connectivity index is 2.81. The molecule has 0 unspecified atom stereocenters. The van der Waals surface area contributed by atoms with Gasteiger partial charge in [0.15, 0.2) is 5.78 Å². The number of aromatic amines is 1. The number of hydrogen-bond acceptors (Lipinski definition) is 3. The molecule has 0 spiro atoms. The summed E-state index contributed by atoms with van der Waals surface area (Å²) in [6, 6.07) is 6.52. The molecule has 16 heavy (non-hydrogen) atoms. The SMILES string of the molecule is CC(=O)Cn1[nH]c(=O)c2ccccc2c1=O. The van der Waals surface area contributed by atoms with Crippen molar-refractivity contribution < 1.29 is 4.79 Å². The number of H-pyrrole nitrogens is 1. The monoisotopic (exact) mass is 218 g/mol. The molecule has 0 saturated carbocycles. The molecule has 1 aromatic heterocycles. The van der Waals surface area contributed by atoms with Crippen molar-refractivity contribution in [3.63, 3.8) is 0 Å². The molecule has 0 bridgehead atoms. The predicted molar refractivity (Wildman–Crippen MR) is 59.5 cm³/mol. The third-order valence-electron chi connectivity index (χ3n) is 2.26. The molecule has 0 amide bonds. The van der Waals surface area contributed by atoms with Gasteiger partial charge in [0.1, 0.15) is 6.54 Å². The number of rotatable bonds is 2. The maximum absolute atomic E-state index is 11.9. The number of carbonyl (C=O) groups is 1. The van der Waals surface area contributed by atoms with Crippen LogP contribution >= 0.6 is 0 Å². The molecule has 1 aromatic carbocycles. The summed E-state index contributed by atoms with van der Waals surface area (Å²) in [6.07, 6.45) is 0. The number of ketones is 1. The van der Waals surface area contributed by atoms with Crippen LogP contribution in [0.25, 0.3) is 10.8 Å². The van der Waals surface area contributed by atoms with Gasteiger partial charge >= 0.3 is 0 Å². The first kappa shape index (κ1) is 10.4. The smallest absolute Gasteiger partial charge is 0.273 e. The maximum Gasteiger partial charge on any atom is 0.273 e. The molecule has 1 heterocycles. The third kappa shape index (κ3) is 1.67. The number of aromatic nitrogens is 2. The van der Waals surface area contributed by atoms with E-state index in [1.54, 1.807) is 24.3 Å². The van der Waals surface area contributed by atoms with Crippen LogP contribution in [0.5, 0.6) is 0 Å². The van der Waals surface area contributed by atoms with Crippen LogP contribution in [0.4, 0.5) is 0 Å². The standard InChI is InChI=1S/C11H10N2O3/c1-7(14)6-13-11(16)9-5-3-2-4-8(9)10(15)12-13/h2-5H,6H2,1H3,(H,12,15). The van der Waals surface area contributed by atoms with E-state index in [1.165, 1.54) is 6.92 Å². The molecule has 2 rings (SSSR count). The largest absolute Gasteiger partial charge is 0.298 e. The van der Waals surface area contributed by atoms with Crippen molar-refractivity contribution in [3.05, 3.63) is 45.0 Å². The fourth-order valence-corrected chi connectivity index (χ4v) is 1.58. The van der Waals surface area contributed by atoms with Gasteiger partial charge < -0.3 is 0 Å². The summed E-state index contributed by atoms with van der Waals surface area (Å²) in [7, 11) is 0. The van der Waals surface area contributed by atoms with Crippen LogP contribution in [0.2, 0.25) is 0 Å². The van der Waals surface area contributed by atoms with Gasteiger partial charge in [0, 0.05) is 0 Å². The van der Waals surface area contributed by atoms with Gasteiger partial charge in [0.05, 0.1) is 10.8 Å². The van der Waals surface area contributed by atoms with Gasteiger partial charge in [-0.05, 0) is 19.1 Å². The Kier molecular flexibility index (Phi) is 2.44. The van der Waals surface area contributed by atoms with Gasteiger partial charge in [-0.3, -0.25) is 19.5 Å². The van der Waals surface area contributed by atoms with Crippen LogP contribution in [-0.4, -0.2) is 15.6 Å². The van der Waals surface area contributed by atoms with E-state index in [0.29, 0.717) is 10.8 Å². The van der Waals surface area contributed by atoms with Crippen LogP contribution in [0, 0.1) is 0 Å². The van der Waals surface area contributed by atoms with Crippen molar-refractivity contribution in [1.82, 2.24) is 9.78 Å². The van der Waals surface area contributed by atoms with Gasteiger partial charge in [0.25, 0.3) is 11.1 Å². The molecule has 2 aromatic rings. The molecule has 0 aliphatic heterocycles. The Morgan fingerprint density at radius 1 is 1.25 bits per heavy atom. The van der Waals surface area contributed by atoms with E-state index >= 15 is 0 Å². The van der Waals surface area contributed by atoms with E-state index in [0.717, 1.165) is 4.68 Å². The maximum atomic E-state index is 11.9. The van der Waals surface area contributed by atoms with Gasteiger partial charge in [-0.15, -0.1) is 0 Å². The molecule has 0 fully saturated rings. The lowest BCUT2D eigenvalue weighted by Gasteiger charge is -2.04. The van der Waals surface area contributed by atoms with Crippen LogP contribution in [0.3, 0.4) is 0 Å². The fraction of sp³-hybridized carbons (Fsp3) is 0.182. The molecule has 0 aliphatic carbocycles. The lowest BCUT2D eigenvalue weighted by molar-refractivity contribution is -0.117. The number of nitrogens with zero attached hydrogens (tertiary/aromatic N) is 1. The Hall–Kier alpha value is -2.17. The first-order chi connectivity index (χ1) is 7.59. The fourth-order valence-electron chi connectivity index (χ4n) is 1.58. The minimum atomic E-state index is -0.364. The molecule has 0 saturated heterocycles. The molecule has 0 aliphatic rings. The first-order valence-electron chi connectivity index (χ1n) is 4.81. The molecule has 5 nitrogen and oxygen atoms in total. The second kappa shape index (κ2) is 3.77. The summed E-state index contributed by atoms with van der Waals surface area (Å²) in [6.45, 7) is 1.25. The van der Waals surface area contributed by atoms with Crippen LogP contribution in [0.15, 0.2) is 33.9 Å². The highest BCUT2D eigenvalue weighted by Gasteiger charge is 2.07. The lowest BCUT2D eigenvalue weighted by atomic mass is 10.2. The normalized spacial score (nSPS) is 10.6. The number of carbonyl (C=O) groups excluding carboxylic acids is 1. The van der Waals surface area contributed by atoms with Gasteiger partial charge in [0.2, 0.25) is 0 Å². The number of fused-ring (bicyclic) bond motifs is 1. The van der Waals surface area contributed by atoms with Crippen LogP contribution < -0.4 is 11.1 Å². The molecule has 0 atom stereocenters. The second-order valence-corrected chi connectivity index (χ2v) is 3.58. The molecular weight excluding hydrogens is 208 g/mol. The Labute approximate surface area is 90.3 Å². The highest BCUT2D eigenvalue weighted by molar-refractivity contribution is 5.81. The summed E-state index contributed by atoms with van der Waals surface area (Å²) >= 11 is 0. The topological polar surface area (TPSA) is 71.9 Å². The van der Waals surface area contributed by atoms with E-state index < -0.39 is 0 Å². The van der Waals surface area contributed by atoms with Gasteiger partial charge in [-0.2, -0.15) is 0 Å². The van der Waals surface area contributed by atoms with Crippen molar-refractivity contribution in [2.24, 2.45) is 0 Å². The zero-order valence-corrected chi connectivity index (χ0v) is 8.69. The zero-order valence-electron chi connectivity index (χ0n) is 8.69. The molecular formula is C11H10N2O3. The minimum absolute atomic E-state index is 0.112. The number of hydrogen-bond donors (Lipinski definition) is 1. The van der Waals surface area contributed by atoms with Gasteiger partial charge in [-0.25, -0.2) is 4.68 Å². The van der Waals surface area contributed by atoms with Crippen molar-refractivity contribution >= 4 is 16.6 Å². The minimum Gasteiger partial charge on any atom is -0.298 e. The highest BCUT2D eigenvalue weighted by Crippen LogP contribution is 2.02. The lowest BCUT2D eigenvalue weighted by Crippen LogP contribution is -2.31. The van der Waals surface area contributed by atoms with E-state index in [1.807, 2.05) is 0 Å². The summed E-state index contributed by atoms with van der Waals surface area (Å²) in [5, 5.41) is 3.04. The molecule has 0 radical (unpaired) electrons. The Bertz CT molecular complexity index is 667. The molecule has 5 heteroatoms. The Morgan fingerprint density at radius 3 is 2.50 bits per heavy atom. The summed E-state index contributed by atoms with van der Waals surface area (Å²) in [5.74, 6) is -0.187. The van der Waals surface area contributed by atoms with E-state index in [2.05, 4.69) is 5.10 Å². The van der Waals surface area contributed by atoms with Crippen molar-refractivity contribution in [2.45, 2.75) is 13.5 Å². The quantitative estimate of drug-likeness (QED) is 0.786. The first-order valence-corrected chi connectivity index (χ1v) is 4.81. The van der Waals surface area contributed by atoms with Crippen molar-refractivity contribution in [1.29, 1.82) is 0 Å². The zero-order chi connectivity index (χ0) is 11.7. The van der Waals surface area contributed by atoms with Crippen molar-refractivity contribution in [3.8, 4) is 0 Å². The highest BCUT2D eigenvalue weighted by atomic mass is 16.2. The predicted octanol–water partition coefficient (Wildman–Crippen LogP) is 0.279. The second-order valence-electron chi connectivity index (χ2n) is 3.58. The Morgan fingerprint density at radius 2 is 1.88 bits per heavy atom.